The summed E-state index contributed by atoms with van der Waals surface area (Å²) < 4.78 is 0. The Kier molecular flexibility index (Phi) is 7.08. The molecule has 1 aromatic carbocycles. The highest BCUT2D eigenvalue weighted by Gasteiger charge is 2.09. The Bertz CT molecular complexity index is 310. The van der Waals surface area contributed by atoms with Crippen molar-refractivity contribution in [2.45, 2.75) is 72.6 Å². The summed E-state index contributed by atoms with van der Waals surface area (Å²) in [7, 11) is 0. The van der Waals surface area contributed by atoms with Crippen molar-refractivity contribution in [3.05, 3.63) is 34.9 Å². The summed E-state index contributed by atoms with van der Waals surface area (Å²) in [6.07, 6.45) is 9.00. The molecule has 0 radical (unpaired) electrons. The van der Waals surface area contributed by atoms with E-state index in [0.717, 1.165) is 5.92 Å². The molecule has 0 saturated carbocycles. The zero-order valence-corrected chi connectivity index (χ0v) is 12.8. The Labute approximate surface area is 114 Å². The highest BCUT2D eigenvalue weighted by Crippen LogP contribution is 2.22. The summed E-state index contributed by atoms with van der Waals surface area (Å²) in [4.78, 5) is 0. The lowest BCUT2D eigenvalue weighted by molar-refractivity contribution is 0.632. The summed E-state index contributed by atoms with van der Waals surface area (Å²) >= 11 is 0. The van der Waals surface area contributed by atoms with Gasteiger partial charge in [-0.2, -0.15) is 0 Å². The number of unbranched alkanes of at least 4 members (excludes halogenated alkanes) is 2. The van der Waals surface area contributed by atoms with Crippen LogP contribution in [0.25, 0.3) is 0 Å². The molecule has 0 unspecified atom stereocenters. The molecule has 0 aromatic heterocycles. The second-order valence-electron chi connectivity index (χ2n) is 5.86. The van der Waals surface area contributed by atoms with Crippen LogP contribution in [-0.2, 0) is 19.3 Å². The molecule has 0 atom stereocenters. The van der Waals surface area contributed by atoms with Crippen LogP contribution in [0, 0.1) is 5.92 Å². The third-order valence-corrected chi connectivity index (χ3v) is 3.58. The van der Waals surface area contributed by atoms with Crippen LogP contribution in [0.15, 0.2) is 18.2 Å². The van der Waals surface area contributed by atoms with Crippen LogP contribution in [0.1, 0.15) is 70.1 Å². The fraction of sp³-hybridized carbons (Fsp3) is 0.667. The average Bonchev–Trinajstić information content (AvgIpc) is 2.35. The minimum atomic E-state index is 0.758. The van der Waals surface area contributed by atoms with E-state index in [0.29, 0.717) is 0 Å². The Balaban J connectivity index is 2.92. The Morgan fingerprint density at radius 3 is 1.78 bits per heavy atom. The zero-order valence-electron chi connectivity index (χ0n) is 12.8. The van der Waals surface area contributed by atoms with Crippen molar-refractivity contribution < 1.29 is 0 Å². The van der Waals surface area contributed by atoms with Gasteiger partial charge in [-0.25, -0.2) is 0 Å². The molecule has 0 bridgehead atoms. The summed E-state index contributed by atoms with van der Waals surface area (Å²) in [6.45, 7) is 9.23. The Morgan fingerprint density at radius 2 is 1.39 bits per heavy atom. The third-order valence-electron chi connectivity index (χ3n) is 3.58. The van der Waals surface area contributed by atoms with Gasteiger partial charge in [0.15, 0.2) is 0 Å². The smallest absolute Gasteiger partial charge is 0.0250 e. The minimum Gasteiger partial charge on any atom is -0.0654 e. The standard InChI is InChI=1S/C18H30/c1-5-7-10-16-12-9-13-17(11-8-6-2)18(16)14-15(3)4/h9,12-13,15H,5-8,10-11,14H2,1-4H3. The zero-order chi connectivity index (χ0) is 13.4. The van der Waals surface area contributed by atoms with E-state index in [-0.39, 0.29) is 0 Å². The van der Waals surface area contributed by atoms with Gasteiger partial charge in [0, 0.05) is 0 Å². The summed E-state index contributed by atoms with van der Waals surface area (Å²) in [5.74, 6) is 0.758. The van der Waals surface area contributed by atoms with E-state index in [1.54, 1.807) is 16.7 Å². The third kappa shape index (κ3) is 4.84. The van der Waals surface area contributed by atoms with Gasteiger partial charge in [0.25, 0.3) is 0 Å². The van der Waals surface area contributed by atoms with Gasteiger partial charge < -0.3 is 0 Å². The topological polar surface area (TPSA) is 0 Å². The van der Waals surface area contributed by atoms with E-state index >= 15 is 0 Å². The molecule has 18 heavy (non-hydrogen) atoms. The van der Waals surface area contributed by atoms with Crippen LogP contribution in [0.2, 0.25) is 0 Å². The molecular formula is C18H30. The van der Waals surface area contributed by atoms with Gasteiger partial charge in [-0.05, 0) is 54.7 Å². The Hall–Kier alpha value is -0.780. The average molecular weight is 246 g/mol. The van der Waals surface area contributed by atoms with Crippen molar-refractivity contribution in [2.75, 3.05) is 0 Å². The highest BCUT2D eigenvalue weighted by atomic mass is 14.1. The molecule has 0 aliphatic carbocycles. The molecular weight excluding hydrogens is 216 g/mol. The van der Waals surface area contributed by atoms with Crippen molar-refractivity contribution in [1.29, 1.82) is 0 Å². The monoisotopic (exact) mass is 246 g/mol. The molecule has 0 spiro atoms. The van der Waals surface area contributed by atoms with Gasteiger partial charge in [0.05, 0.1) is 0 Å². The van der Waals surface area contributed by atoms with Crippen molar-refractivity contribution in [3.63, 3.8) is 0 Å². The number of rotatable bonds is 8. The van der Waals surface area contributed by atoms with E-state index < -0.39 is 0 Å². The van der Waals surface area contributed by atoms with Crippen molar-refractivity contribution in [1.82, 2.24) is 0 Å². The fourth-order valence-corrected chi connectivity index (χ4v) is 2.56. The molecule has 102 valence electrons. The van der Waals surface area contributed by atoms with Crippen LogP contribution < -0.4 is 0 Å². The van der Waals surface area contributed by atoms with E-state index in [1.807, 2.05) is 0 Å². The first kappa shape index (κ1) is 15.3. The summed E-state index contributed by atoms with van der Waals surface area (Å²) in [5, 5.41) is 0. The summed E-state index contributed by atoms with van der Waals surface area (Å²) in [6, 6.07) is 6.96. The maximum absolute atomic E-state index is 2.35. The molecule has 0 N–H and O–H groups in total. The van der Waals surface area contributed by atoms with Crippen LogP contribution in [0.5, 0.6) is 0 Å². The lowest BCUT2D eigenvalue weighted by Crippen LogP contribution is -2.05. The normalized spacial score (nSPS) is 11.2. The first-order valence-electron chi connectivity index (χ1n) is 7.78. The van der Waals surface area contributed by atoms with E-state index in [2.05, 4.69) is 45.9 Å². The number of benzene rings is 1. The molecule has 0 nitrogen and oxygen atoms in total. The molecule has 0 saturated heterocycles. The predicted molar refractivity (Wildman–Crippen MR) is 82.2 cm³/mol. The molecule has 0 aliphatic rings. The second-order valence-corrected chi connectivity index (χ2v) is 5.86. The SMILES string of the molecule is CCCCc1cccc(CCCC)c1CC(C)C. The second kappa shape index (κ2) is 8.34. The van der Waals surface area contributed by atoms with Gasteiger partial charge in [-0.3, -0.25) is 0 Å². The van der Waals surface area contributed by atoms with Gasteiger partial charge in [0.1, 0.15) is 0 Å². The number of hydrogen-bond donors (Lipinski definition) is 0. The first-order valence-corrected chi connectivity index (χ1v) is 7.78. The van der Waals surface area contributed by atoms with E-state index in [1.165, 1.54) is 44.9 Å². The largest absolute Gasteiger partial charge is 0.0654 e. The van der Waals surface area contributed by atoms with Gasteiger partial charge in [-0.1, -0.05) is 58.7 Å². The molecule has 0 amide bonds. The molecule has 0 heteroatoms. The maximum atomic E-state index is 2.35. The maximum Gasteiger partial charge on any atom is -0.0250 e. The van der Waals surface area contributed by atoms with Crippen LogP contribution in [0.4, 0.5) is 0 Å². The lowest BCUT2D eigenvalue weighted by atomic mass is 9.89. The predicted octanol–water partition coefficient (Wildman–Crippen LogP) is 5.57. The summed E-state index contributed by atoms with van der Waals surface area (Å²) in [5.41, 5.74) is 4.88. The molecule has 0 heterocycles. The van der Waals surface area contributed by atoms with Crippen molar-refractivity contribution >= 4 is 0 Å². The molecule has 0 fully saturated rings. The minimum absolute atomic E-state index is 0.758. The van der Waals surface area contributed by atoms with Gasteiger partial charge in [0.2, 0.25) is 0 Å². The van der Waals surface area contributed by atoms with Crippen molar-refractivity contribution in [2.24, 2.45) is 5.92 Å². The number of hydrogen-bond acceptors (Lipinski definition) is 0. The van der Waals surface area contributed by atoms with E-state index in [4.69, 9.17) is 0 Å². The highest BCUT2D eigenvalue weighted by molar-refractivity contribution is 5.36. The Morgan fingerprint density at radius 1 is 0.889 bits per heavy atom. The quantitative estimate of drug-likeness (QED) is 0.562. The molecule has 0 aliphatic heterocycles. The lowest BCUT2D eigenvalue weighted by Gasteiger charge is -2.16. The van der Waals surface area contributed by atoms with Gasteiger partial charge in [-0.15, -0.1) is 0 Å². The van der Waals surface area contributed by atoms with E-state index in [9.17, 15) is 0 Å². The molecule has 1 aromatic rings. The van der Waals surface area contributed by atoms with Gasteiger partial charge >= 0.3 is 0 Å². The first-order chi connectivity index (χ1) is 8.69. The fourth-order valence-electron chi connectivity index (χ4n) is 2.56. The number of aryl methyl sites for hydroxylation is 2. The van der Waals surface area contributed by atoms with Crippen LogP contribution in [0.3, 0.4) is 0 Å². The van der Waals surface area contributed by atoms with Crippen LogP contribution >= 0.6 is 0 Å². The molecule has 1 rings (SSSR count). The van der Waals surface area contributed by atoms with Crippen molar-refractivity contribution in [3.8, 4) is 0 Å². The van der Waals surface area contributed by atoms with Crippen LogP contribution in [-0.4, -0.2) is 0 Å².